The van der Waals surface area contributed by atoms with Crippen molar-refractivity contribution in [2.24, 2.45) is 5.92 Å². The van der Waals surface area contributed by atoms with Gasteiger partial charge in [0.15, 0.2) is 0 Å². The molecule has 1 aromatic carbocycles. The van der Waals surface area contributed by atoms with Gasteiger partial charge in [-0.1, -0.05) is 37.6 Å². The summed E-state index contributed by atoms with van der Waals surface area (Å²) < 4.78 is 0. The molecule has 0 spiro atoms. The van der Waals surface area contributed by atoms with Crippen LogP contribution >= 0.6 is 0 Å². The second-order valence-corrected chi connectivity index (χ2v) is 7.14. The third kappa shape index (κ3) is 2.33. The Morgan fingerprint density at radius 3 is 2.86 bits per heavy atom. The molecule has 1 aromatic rings. The fourth-order valence-corrected chi connectivity index (χ4v) is 5.25. The Balaban J connectivity index is 1.62. The van der Waals surface area contributed by atoms with E-state index < -0.39 is 0 Å². The number of fused-ring (bicyclic) bond motifs is 2. The molecule has 0 aromatic heterocycles. The normalized spacial score (nSPS) is 35.7. The minimum absolute atomic E-state index is 0.547. The topological polar surface area (TPSA) is 15.3 Å². The minimum atomic E-state index is 0.547. The van der Waals surface area contributed by atoms with Crippen molar-refractivity contribution < 1.29 is 0 Å². The summed E-state index contributed by atoms with van der Waals surface area (Å²) in [4.78, 5) is 2.90. The first-order valence-electron chi connectivity index (χ1n) is 8.95. The van der Waals surface area contributed by atoms with E-state index >= 15 is 0 Å². The Bertz CT molecular complexity index is 498. The number of likely N-dealkylation sites (tertiary alicyclic amines) is 1. The van der Waals surface area contributed by atoms with Gasteiger partial charge in [0.2, 0.25) is 0 Å². The molecule has 21 heavy (non-hydrogen) atoms. The summed E-state index contributed by atoms with van der Waals surface area (Å²) in [6.07, 6.45) is 8.51. The van der Waals surface area contributed by atoms with E-state index in [1.165, 1.54) is 45.1 Å². The van der Waals surface area contributed by atoms with Crippen LogP contribution in [0.4, 0.5) is 0 Å². The number of hydrogen-bond donors (Lipinski definition) is 1. The number of benzene rings is 1. The predicted octanol–water partition coefficient (Wildman–Crippen LogP) is 3.53. The van der Waals surface area contributed by atoms with E-state index in [9.17, 15) is 0 Å². The van der Waals surface area contributed by atoms with Crippen LogP contribution in [0.15, 0.2) is 24.3 Å². The van der Waals surface area contributed by atoms with Crippen LogP contribution in [-0.4, -0.2) is 30.1 Å². The number of piperidine rings is 1. The van der Waals surface area contributed by atoms with Crippen LogP contribution in [0.1, 0.15) is 56.2 Å². The van der Waals surface area contributed by atoms with Gasteiger partial charge in [0.1, 0.15) is 0 Å². The summed E-state index contributed by atoms with van der Waals surface area (Å²) in [7, 11) is 0. The summed E-state index contributed by atoms with van der Waals surface area (Å²) in [5, 5.41) is 3.79. The molecular formula is C19H28N2. The van der Waals surface area contributed by atoms with Gasteiger partial charge in [-0.15, -0.1) is 0 Å². The largest absolute Gasteiger partial charge is 0.309 e. The molecular weight excluding hydrogens is 256 g/mol. The first kappa shape index (κ1) is 13.8. The fourth-order valence-electron chi connectivity index (χ4n) is 5.25. The molecule has 2 aliphatic carbocycles. The van der Waals surface area contributed by atoms with Crippen LogP contribution < -0.4 is 5.32 Å². The highest BCUT2D eigenvalue weighted by Crippen LogP contribution is 2.43. The molecule has 1 N–H and O–H groups in total. The van der Waals surface area contributed by atoms with Crippen molar-refractivity contribution in [3.05, 3.63) is 35.4 Å². The molecule has 1 saturated heterocycles. The molecule has 0 bridgehead atoms. The van der Waals surface area contributed by atoms with Crippen molar-refractivity contribution in [3.63, 3.8) is 0 Å². The summed E-state index contributed by atoms with van der Waals surface area (Å²) >= 11 is 0. The molecule has 0 radical (unpaired) electrons. The summed E-state index contributed by atoms with van der Waals surface area (Å²) in [6.45, 7) is 4.63. The van der Waals surface area contributed by atoms with Gasteiger partial charge < -0.3 is 5.32 Å². The van der Waals surface area contributed by atoms with Crippen molar-refractivity contribution in [3.8, 4) is 0 Å². The zero-order valence-electron chi connectivity index (χ0n) is 13.2. The van der Waals surface area contributed by atoms with Gasteiger partial charge in [0, 0.05) is 18.1 Å². The third-order valence-corrected chi connectivity index (χ3v) is 6.09. The van der Waals surface area contributed by atoms with Crippen LogP contribution in [0, 0.1) is 5.92 Å². The fraction of sp³-hybridized carbons (Fsp3) is 0.684. The average molecular weight is 284 g/mol. The smallest absolute Gasteiger partial charge is 0.0484 e. The van der Waals surface area contributed by atoms with Crippen LogP contribution in [0.5, 0.6) is 0 Å². The lowest BCUT2D eigenvalue weighted by molar-refractivity contribution is 0.0545. The van der Waals surface area contributed by atoms with E-state index in [-0.39, 0.29) is 0 Å². The highest BCUT2D eigenvalue weighted by molar-refractivity contribution is 5.37. The van der Waals surface area contributed by atoms with E-state index in [1.807, 2.05) is 0 Å². The molecule has 0 amide bonds. The van der Waals surface area contributed by atoms with Gasteiger partial charge in [0.25, 0.3) is 0 Å². The highest BCUT2D eigenvalue weighted by Gasteiger charge is 2.43. The molecule has 1 heterocycles. The van der Waals surface area contributed by atoms with Crippen molar-refractivity contribution in [2.75, 3.05) is 13.1 Å². The lowest BCUT2D eigenvalue weighted by Gasteiger charge is -2.44. The number of nitrogens with zero attached hydrogens (tertiary/aromatic N) is 1. The van der Waals surface area contributed by atoms with Gasteiger partial charge in [0.05, 0.1) is 0 Å². The zero-order chi connectivity index (χ0) is 14.2. The lowest BCUT2D eigenvalue weighted by Crippen LogP contribution is -2.52. The highest BCUT2D eigenvalue weighted by atomic mass is 15.2. The predicted molar refractivity (Wildman–Crippen MR) is 87.4 cm³/mol. The maximum atomic E-state index is 3.79. The van der Waals surface area contributed by atoms with Gasteiger partial charge in [-0.25, -0.2) is 0 Å². The van der Waals surface area contributed by atoms with E-state index in [0.29, 0.717) is 12.1 Å². The SMILES string of the molecule is CCNC1c2ccccc2CC1N1CCCC2CCCC21. The van der Waals surface area contributed by atoms with E-state index in [0.717, 1.165) is 18.5 Å². The Morgan fingerprint density at radius 1 is 1.10 bits per heavy atom. The maximum absolute atomic E-state index is 3.79. The van der Waals surface area contributed by atoms with Crippen LogP contribution in [0.25, 0.3) is 0 Å². The van der Waals surface area contributed by atoms with Crippen LogP contribution in [-0.2, 0) is 6.42 Å². The molecule has 3 aliphatic rings. The average Bonchev–Trinajstić information content (AvgIpc) is 3.12. The summed E-state index contributed by atoms with van der Waals surface area (Å²) in [6, 6.07) is 11.2. The Kier molecular flexibility index (Phi) is 3.76. The maximum Gasteiger partial charge on any atom is 0.0484 e. The van der Waals surface area contributed by atoms with Gasteiger partial charge in [-0.3, -0.25) is 4.90 Å². The number of likely N-dealkylation sites (N-methyl/N-ethyl adjacent to an activating group) is 1. The molecule has 2 nitrogen and oxygen atoms in total. The van der Waals surface area contributed by atoms with Crippen molar-refractivity contribution in [2.45, 2.75) is 63.6 Å². The van der Waals surface area contributed by atoms with Gasteiger partial charge in [-0.2, -0.15) is 0 Å². The second-order valence-electron chi connectivity index (χ2n) is 7.14. The molecule has 2 fully saturated rings. The molecule has 4 atom stereocenters. The van der Waals surface area contributed by atoms with Crippen molar-refractivity contribution >= 4 is 0 Å². The summed E-state index contributed by atoms with van der Waals surface area (Å²) in [5.41, 5.74) is 3.14. The van der Waals surface area contributed by atoms with Crippen molar-refractivity contribution in [1.29, 1.82) is 0 Å². The van der Waals surface area contributed by atoms with Crippen molar-refractivity contribution in [1.82, 2.24) is 10.2 Å². The Labute approximate surface area is 128 Å². The summed E-state index contributed by atoms with van der Waals surface area (Å²) in [5.74, 6) is 0.990. The number of nitrogens with one attached hydrogen (secondary N) is 1. The Hall–Kier alpha value is -0.860. The number of rotatable bonds is 3. The number of hydrogen-bond acceptors (Lipinski definition) is 2. The molecule has 4 unspecified atom stereocenters. The van der Waals surface area contributed by atoms with E-state index in [1.54, 1.807) is 11.1 Å². The minimum Gasteiger partial charge on any atom is -0.309 e. The molecule has 1 aliphatic heterocycles. The van der Waals surface area contributed by atoms with Gasteiger partial charge >= 0.3 is 0 Å². The third-order valence-electron chi connectivity index (χ3n) is 6.09. The zero-order valence-corrected chi connectivity index (χ0v) is 13.2. The monoisotopic (exact) mass is 284 g/mol. The Morgan fingerprint density at radius 2 is 1.95 bits per heavy atom. The molecule has 114 valence electrons. The first-order valence-corrected chi connectivity index (χ1v) is 8.95. The molecule has 4 rings (SSSR count). The van der Waals surface area contributed by atoms with E-state index in [2.05, 4.69) is 41.4 Å². The molecule has 1 saturated carbocycles. The quantitative estimate of drug-likeness (QED) is 0.913. The second kappa shape index (κ2) is 5.73. The standard InChI is InChI=1S/C19H28N2/c1-2-20-19-16-10-4-3-7-15(16)13-18(19)21-12-6-9-14-8-5-11-17(14)21/h3-4,7,10,14,17-20H,2,5-6,8-9,11-13H2,1H3. The van der Waals surface area contributed by atoms with E-state index in [4.69, 9.17) is 0 Å². The lowest BCUT2D eigenvalue weighted by atomic mass is 9.89. The van der Waals surface area contributed by atoms with Gasteiger partial charge in [-0.05, 0) is 62.2 Å². The first-order chi connectivity index (χ1) is 10.4. The van der Waals surface area contributed by atoms with Crippen LogP contribution in [0.2, 0.25) is 0 Å². The van der Waals surface area contributed by atoms with Crippen LogP contribution in [0.3, 0.4) is 0 Å². The molecule has 2 heteroatoms.